The van der Waals surface area contributed by atoms with Crippen molar-refractivity contribution in [3.63, 3.8) is 0 Å². The number of rotatable bonds is 13. The highest BCUT2D eigenvalue weighted by Crippen LogP contribution is 2.30. The van der Waals surface area contributed by atoms with Crippen molar-refractivity contribution in [2.45, 2.75) is 30.6 Å². The van der Waals surface area contributed by atoms with E-state index in [2.05, 4.69) is 5.32 Å². The molecule has 0 spiro atoms. The molecular weight excluding hydrogens is 542 g/mol. The van der Waals surface area contributed by atoms with Crippen LogP contribution in [0.25, 0.3) is 0 Å². The standard InChI is InChI=1S/C24H32ClN3O7S2/c1-34-23-12-7-19(18-22(23)25)28(36(2,30)31)16-5-6-24(29)26-13-17-35-20-8-10-21(11-9-20)37(32,33)27-14-3-4-15-27/h7-12,18H,3-6,13-17H2,1-2H3,(H,26,29). The second-order valence-corrected chi connectivity index (χ2v) is 12.8. The Bertz CT molecular complexity index is 1280. The molecule has 1 N–H and O–H groups in total. The largest absolute Gasteiger partial charge is 0.495 e. The summed E-state index contributed by atoms with van der Waals surface area (Å²) in [5.41, 5.74) is 0.390. The molecular formula is C24H32ClN3O7S2. The maximum Gasteiger partial charge on any atom is 0.243 e. The van der Waals surface area contributed by atoms with Crippen LogP contribution in [-0.4, -0.2) is 73.2 Å². The van der Waals surface area contributed by atoms with Gasteiger partial charge in [0.05, 0.1) is 35.5 Å². The maximum atomic E-state index is 12.6. The Morgan fingerprint density at radius 3 is 2.35 bits per heavy atom. The van der Waals surface area contributed by atoms with E-state index in [1.54, 1.807) is 24.3 Å². The minimum absolute atomic E-state index is 0.109. The molecule has 1 aliphatic heterocycles. The number of benzene rings is 2. The van der Waals surface area contributed by atoms with E-state index in [9.17, 15) is 21.6 Å². The smallest absolute Gasteiger partial charge is 0.243 e. The van der Waals surface area contributed by atoms with E-state index in [-0.39, 0.29) is 41.9 Å². The molecule has 204 valence electrons. The molecule has 0 saturated carbocycles. The Hall–Kier alpha value is -2.54. The van der Waals surface area contributed by atoms with Gasteiger partial charge in [0.2, 0.25) is 26.0 Å². The van der Waals surface area contributed by atoms with E-state index in [0.29, 0.717) is 36.7 Å². The van der Waals surface area contributed by atoms with Gasteiger partial charge in [0, 0.05) is 26.1 Å². The first kappa shape index (κ1) is 29.0. The van der Waals surface area contributed by atoms with Gasteiger partial charge in [-0.25, -0.2) is 16.8 Å². The van der Waals surface area contributed by atoms with E-state index < -0.39 is 20.0 Å². The van der Waals surface area contributed by atoms with Gasteiger partial charge in [-0.05, 0) is 61.7 Å². The number of carbonyl (C=O) groups is 1. The topological polar surface area (TPSA) is 122 Å². The fourth-order valence-corrected chi connectivity index (χ4v) is 6.64. The number of carbonyl (C=O) groups excluding carboxylic acids is 1. The molecule has 1 amide bonds. The number of hydrogen-bond donors (Lipinski definition) is 1. The zero-order valence-electron chi connectivity index (χ0n) is 20.9. The van der Waals surface area contributed by atoms with Crippen molar-refractivity contribution in [1.29, 1.82) is 0 Å². The summed E-state index contributed by atoms with van der Waals surface area (Å²) in [6.45, 7) is 1.64. The van der Waals surface area contributed by atoms with Crippen LogP contribution in [0, 0.1) is 0 Å². The minimum atomic E-state index is -3.58. The summed E-state index contributed by atoms with van der Waals surface area (Å²) in [6.07, 6.45) is 3.27. The van der Waals surface area contributed by atoms with Crippen molar-refractivity contribution < 1.29 is 31.1 Å². The van der Waals surface area contributed by atoms with Crippen LogP contribution in [0.15, 0.2) is 47.4 Å². The normalized spacial score (nSPS) is 14.4. The van der Waals surface area contributed by atoms with Gasteiger partial charge >= 0.3 is 0 Å². The monoisotopic (exact) mass is 573 g/mol. The zero-order valence-corrected chi connectivity index (χ0v) is 23.2. The van der Waals surface area contributed by atoms with Gasteiger partial charge in [-0.3, -0.25) is 9.10 Å². The van der Waals surface area contributed by atoms with Crippen molar-refractivity contribution >= 4 is 43.2 Å². The summed E-state index contributed by atoms with van der Waals surface area (Å²) in [5.74, 6) is 0.692. The van der Waals surface area contributed by atoms with Gasteiger partial charge in [-0.15, -0.1) is 0 Å². The SMILES string of the molecule is COc1ccc(N(CCCC(=O)NCCOc2ccc(S(=O)(=O)N3CCCC3)cc2)S(C)(=O)=O)cc1Cl. The average molecular weight is 574 g/mol. The minimum Gasteiger partial charge on any atom is -0.495 e. The molecule has 0 unspecified atom stereocenters. The molecule has 1 saturated heterocycles. The molecule has 0 atom stereocenters. The first-order valence-electron chi connectivity index (χ1n) is 11.8. The third-order valence-corrected chi connectivity index (χ3v) is 9.21. The van der Waals surface area contributed by atoms with Gasteiger partial charge in [0.15, 0.2) is 0 Å². The van der Waals surface area contributed by atoms with E-state index in [1.165, 1.54) is 33.9 Å². The predicted molar refractivity (Wildman–Crippen MR) is 142 cm³/mol. The molecule has 2 aromatic rings. The first-order valence-corrected chi connectivity index (χ1v) is 15.5. The van der Waals surface area contributed by atoms with Crippen LogP contribution in [0.3, 0.4) is 0 Å². The lowest BCUT2D eigenvalue weighted by Crippen LogP contribution is -2.33. The van der Waals surface area contributed by atoms with Gasteiger partial charge in [0.25, 0.3) is 0 Å². The Labute approximate surface area is 223 Å². The molecule has 37 heavy (non-hydrogen) atoms. The van der Waals surface area contributed by atoms with E-state index >= 15 is 0 Å². The fourth-order valence-electron chi connectivity index (χ4n) is 3.91. The summed E-state index contributed by atoms with van der Waals surface area (Å²) in [4.78, 5) is 12.4. The highest BCUT2D eigenvalue weighted by atomic mass is 35.5. The van der Waals surface area contributed by atoms with Crippen LogP contribution in [0.2, 0.25) is 5.02 Å². The summed E-state index contributed by atoms with van der Waals surface area (Å²) in [5, 5.41) is 3.02. The lowest BCUT2D eigenvalue weighted by atomic mass is 10.2. The second-order valence-electron chi connectivity index (χ2n) is 8.54. The molecule has 0 aromatic heterocycles. The summed E-state index contributed by atoms with van der Waals surface area (Å²) < 4.78 is 63.0. The van der Waals surface area contributed by atoms with Crippen LogP contribution in [0.4, 0.5) is 5.69 Å². The number of nitrogens with one attached hydrogen (secondary N) is 1. The molecule has 13 heteroatoms. The Morgan fingerprint density at radius 1 is 1.08 bits per heavy atom. The van der Waals surface area contributed by atoms with Crippen molar-refractivity contribution in [2.24, 2.45) is 0 Å². The van der Waals surface area contributed by atoms with Crippen LogP contribution < -0.4 is 19.1 Å². The number of ether oxygens (including phenoxy) is 2. The predicted octanol–water partition coefficient (Wildman–Crippen LogP) is 2.87. The van der Waals surface area contributed by atoms with E-state index in [0.717, 1.165) is 19.1 Å². The molecule has 2 aromatic carbocycles. The van der Waals surface area contributed by atoms with Crippen molar-refractivity contribution in [3.8, 4) is 11.5 Å². The molecule has 1 fully saturated rings. The van der Waals surface area contributed by atoms with Gasteiger partial charge in [-0.1, -0.05) is 11.6 Å². The summed E-state index contributed by atoms with van der Waals surface area (Å²) in [7, 11) is -5.58. The first-order chi connectivity index (χ1) is 17.5. The quantitative estimate of drug-likeness (QED) is 0.366. The van der Waals surface area contributed by atoms with Crippen molar-refractivity contribution in [2.75, 3.05) is 50.5 Å². The van der Waals surface area contributed by atoms with Gasteiger partial charge in [-0.2, -0.15) is 4.31 Å². The van der Waals surface area contributed by atoms with Crippen LogP contribution in [-0.2, 0) is 24.8 Å². The number of sulfonamides is 2. The highest BCUT2D eigenvalue weighted by molar-refractivity contribution is 7.92. The average Bonchev–Trinajstić information content (AvgIpc) is 3.40. The molecule has 10 nitrogen and oxygen atoms in total. The molecule has 1 heterocycles. The Morgan fingerprint density at radius 2 is 1.76 bits per heavy atom. The molecule has 1 aliphatic rings. The fraction of sp³-hybridized carbons (Fsp3) is 0.458. The Kier molecular flexibility index (Phi) is 10.0. The van der Waals surface area contributed by atoms with Crippen LogP contribution in [0.5, 0.6) is 11.5 Å². The molecule has 0 aliphatic carbocycles. The number of amides is 1. The molecule has 0 bridgehead atoms. The van der Waals surface area contributed by atoms with E-state index in [4.69, 9.17) is 21.1 Å². The van der Waals surface area contributed by atoms with Gasteiger partial charge in [0.1, 0.15) is 18.1 Å². The number of halogens is 1. The van der Waals surface area contributed by atoms with Gasteiger partial charge < -0.3 is 14.8 Å². The number of nitrogens with zero attached hydrogens (tertiary/aromatic N) is 2. The second kappa shape index (κ2) is 12.8. The summed E-state index contributed by atoms with van der Waals surface area (Å²) >= 11 is 6.13. The van der Waals surface area contributed by atoms with Crippen LogP contribution >= 0.6 is 11.6 Å². The van der Waals surface area contributed by atoms with Crippen LogP contribution in [0.1, 0.15) is 25.7 Å². The number of anilines is 1. The summed E-state index contributed by atoms with van der Waals surface area (Å²) in [6, 6.07) is 10.9. The maximum absolute atomic E-state index is 12.6. The molecule has 0 radical (unpaired) electrons. The lowest BCUT2D eigenvalue weighted by molar-refractivity contribution is -0.121. The zero-order chi connectivity index (χ0) is 27.1. The van der Waals surface area contributed by atoms with Crippen molar-refractivity contribution in [1.82, 2.24) is 9.62 Å². The lowest BCUT2D eigenvalue weighted by Gasteiger charge is -2.23. The van der Waals surface area contributed by atoms with E-state index in [1.807, 2.05) is 0 Å². The number of methoxy groups -OCH3 is 1. The third-order valence-electron chi connectivity index (χ3n) is 5.81. The van der Waals surface area contributed by atoms with Crippen molar-refractivity contribution in [3.05, 3.63) is 47.5 Å². The third kappa shape index (κ3) is 7.97. The highest BCUT2D eigenvalue weighted by Gasteiger charge is 2.27. The number of hydrogen-bond acceptors (Lipinski definition) is 7. The Balaban J connectivity index is 1.41. The molecule has 3 rings (SSSR count).